The Balaban J connectivity index is 2.22. The van der Waals surface area contributed by atoms with E-state index in [4.69, 9.17) is 5.73 Å². The first kappa shape index (κ1) is 11.5. The fraction of sp³-hybridized carbons (Fsp3) is 0.571. The molecule has 1 atom stereocenters. The lowest BCUT2D eigenvalue weighted by Crippen LogP contribution is -2.33. The van der Waals surface area contributed by atoms with Crippen LogP contribution in [0.1, 0.15) is 44.6 Å². The summed E-state index contributed by atoms with van der Waals surface area (Å²) in [4.78, 5) is 0. The van der Waals surface area contributed by atoms with Crippen LogP contribution in [0.25, 0.3) is 0 Å². The molecule has 2 heteroatoms. The van der Waals surface area contributed by atoms with Crippen molar-refractivity contribution in [2.75, 3.05) is 5.73 Å². The van der Waals surface area contributed by atoms with Crippen LogP contribution in [0.3, 0.4) is 0 Å². The highest BCUT2D eigenvalue weighted by Gasteiger charge is 2.34. The Morgan fingerprint density at radius 3 is 2.56 bits per heavy atom. The van der Waals surface area contributed by atoms with Gasteiger partial charge < -0.3 is 10.8 Å². The van der Waals surface area contributed by atoms with Crippen LogP contribution in [0.4, 0.5) is 5.69 Å². The summed E-state index contributed by atoms with van der Waals surface area (Å²) >= 11 is 0. The van der Waals surface area contributed by atoms with Gasteiger partial charge in [0.25, 0.3) is 0 Å². The van der Waals surface area contributed by atoms with E-state index in [-0.39, 0.29) is 0 Å². The number of hydrogen-bond donors (Lipinski definition) is 2. The highest BCUT2D eigenvalue weighted by atomic mass is 16.3. The van der Waals surface area contributed by atoms with Crippen LogP contribution in [0, 0.1) is 5.92 Å². The van der Waals surface area contributed by atoms with Crippen LogP contribution < -0.4 is 5.73 Å². The predicted octanol–water partition coefficient (Wildman–Crippen LogP) is 3.06. The molecule has 3 N–H and O–H groups in total. The number of benzene rings is 1. The molecule has 88 valence electrons. The lowest BCUT2D eigenvalue weighted by Gasteiger charge is -2.36. The third-order valence-electron chi connectivity index (χ3n) is 3.87. The smallest absolute Gasteiger partial charge is 0.0897 e. The fourth-order valence-electron chi connectivity index (χ4n) is 2.75. The first-order valence-corrected chi connectivity index (χ1v) is 6.19. The Morgan fingerprint density at radius 2 is 1.94 bits per heavy atom. The minimum atomic E-state index is -0.726. The second-order valence-electron chi connectivity index (χ2n) is 5.11. The zero-order valence-corrected chi connectivity index (χ0v) is 9.95. The summed E-state index contributed by atoms with van der Waals surface area (Å²) in [5.41, 5.74) is 6.74. The quantitative estimate of drug-likeness (QED) is 0.751. The van der Waals surface area contributed by atoms with Gasteiger partial charge in [-0.05, 0) is 43.4 Å². The second-order valence-corrected chi connectivity index (χ2v) is 5.11. The number of anilines is 1. The van der Waals surface area contributed by atoms with Crippen molar-refractivity contribution in [1.82, 2.24) is 0 Å². The van der Waals surface area contributed by atoms with Crippen LogP contribution in [0.5, 0.6) is 0 Å². The van der Waals surface area contributed by atoms with Gasteiger partial charge in [-0.3, -0.25) is 0 Å². The topological polar surface area (TPSA) is 46.2 Å². The molecular formula is C14H21NO. The Labute approximate surface area is 97.5 Å². The summed E-state index contributed by atoms with van der Waals surface area (Å²) in [7, 11) is 0. The van der Waals surface area contributed by atoms with Gasteiger partial charge in [0, 0.05) is 5.69 Å². The van der Waals surface area contributed by atoms with Gasteiger partial charge in [-0.25, -0.2) is 0 Å². The molecule has 1 aliphatic carbocycles. The molecule has 2 rings (SSSR count). The molecule has 16 heavy (non-hydrogen) atoms. The Morgan fingerprint density at radius 1 is 1.25 bits per heavy atom. The lowest BCUT2D eigenvalue weighted by atomic mass is 9.74. The molecular weight excluding hydrogens is 198 g/mol. The van der Waals surface area contributed by atoms with E-state index >= 15 is 0 Å². The number of aliphatic hydroxyl groups is 1. The summed E-state index contributed by atoms with van der Waals surface area (Å²) < 4.78 is 0. The molecule has 1 saturated carbocycles. The predicted molar refractivity (Wildman–Crippen MR) is 67.0 cm³/mol. The number of nitrogen functional groups attached to an aromatic ring is 1. The molecule has 2 nitrogen and oxygen atoms in total. The Kier molecular flexibility index (Phi) is 3.20. The molecule has 0 spiro atoms. The van der Waals surface area contributed by atoms with Gasteiger partial charge in [0.2, 0.25) is 0 Å². The molecule has 1 unspecified atom stereocenters. The SMILES string of the molecule is CC(O)(c1cccc(N)c1)C1CCCCC1. The molecule has 0 saturated heterocycles. The first-order valence-electron chi connectivity index (χ1n) is 6.19. The van der Waals surface area contributed by atoms with Crippen molar-refractivity contribution in [2.24, 2.45) is 5.92 Å². The zero-order valence-electron chi connectivity index (χ0n) is 9.95. The van der Waals surface area contributed by atoms with E-state index in [2.05, 4.69) is 0 Å². The van der Waals surface area contributed by atoms with Crippen LogP contribution in [0.15, 0.2) is 24.3 Å². The van der Waals surface area contributed by atoms with Crippen LogP contribution in [0.2, 0.25) is 0 Å². The van der Waals surface area contributed by atoms with Crippen LogP contribution in [-0.2, 0) is 5.60 Å². The number of nitrogens with two attached hydrogens (primary N) is 1. The molecule has 1 aromatic rings. The lowest BCUT2D eigenvalue weighted by molar-refractivity contribution is -0.0214. The molecule has 1 fully saturated rings. The monoisotopic (exact) mass is 219 g/mol. The highest BCUT2D eigenvalue weighted by molar-refractivity contribution is 5.42. The molecule has 0 radical (unpaired) electrons. The molecule has 0 amide bonds. The average Bonchev–Trinajstić information content (AvgIpc) is 2.30. The third kappa shape index (κ3) is 2.22. The Hall–Kier alpha value is -1.02. The second kappa shape index (κ2) is 4.46. The largest absolute Gasteiger partial charge is 0.399 e. The summed E-state index contributed by atoms with van der Waals surface area (Å²) in [6.45, 7) is 1.93. The summed E-state index contributed by atoms with van der Waals surface area (Å²) in [6.07, 6.45) is 6.04. The number of rotatable bonds is 2. The van der Waals surface area contributed by atoms with E-state index in [1.807, 2.05) is 31.2 Å². The van der Waals surface area contributed by atoms with Crippen molar-refractivity contribution in [2.45, 2.75) is 44.6 Å². The van der Waals surface area contributed by atoms with Crippen molar-refractivity contribution in [3.8, 4) is 0 Å². The molecule has 1 aliphatic rings. The summed E-state index contributed by atoms with van der Waals surface area (Å²) in [6, 6.07) is 7.65. The molecule has 0 bridgehead atoms. The van der Waals surface area contributed by atoms with Gasteiger partial charge in [0.1, 0.15) is 0 Å². The van der Waals surface area contributed by atoms with E-state index in [1.54, 1.807) is 0 Å². The number of hydrogen-bond acceptors (Lipinski definition) is 2. The molecule has 0 heterocycles. The van der Waals surface area contributed by atoms with E-state index < -0.39 is 5.60 Å². The van der Waals surface area contributed by atoms with Crippen molar-refractivity contribution < 1.29 is 5.11 Å². The van der Waals surface area contributed by atoms with Gasteiger partial charge in [-0.15, -0.1) is 0 Å². The summed E-state index contributed by atoms with van der Waals surface area (Å²) in [5, 5.41) is 10.7. The molecule has 0 aliphatic heterocycles. The van der Waals surface area contributed by atoms with E-state index in [0.717, 1.165) is 24.1 Å². The Bertz CT molecular complexity index is 354. The van der Waals surface area contributed by atoms with E-state index in [1.165, 1.54) is 19.3 Å². The molecule has 1 aromatic carbocycles. The third-order valence-corrected chi connectivity index (χ3v) is 3.87. The fourth-order valence-corrected chi connectivity index (χ4v) is 2.75. The van der Waals surface area contributed by atoms with Crippen molar-refractivity contribution >= 4 is 5.69 Å². The van der Waals surface area contributed by atoms with E-state index in [9.17, 15) is 5.11 Å². The zero-order chi connectivity index (χ0) is 11.6. The van der Waals surface area contributed by atoms with Crippen molar-refractivity contribution in [3.05, 3.63) is 29.8 Å². The standard InChI is InChI=1S/C14H21NO/c1-14(16,11-6-3-2-4-7-11)12-8-5-9-13(15)10-12/h5,8-11,16H,2-4,6-7,15H2,1H3. The maximum atomic E-state index is 10.7. The van der Waals surface area contributed by atoms with Crippen molar-refractivity contribution in [3.63, 3.8) is 0 Å². The maximum absolute atomic E-state index is 10.7. The van der Waals surface area contributed by atoms with Crippen LogP contribution in [-0.4, -0.2) is 5.11 Å². The van der Waals surface area contributed by atoms with Gasteiger partial charge >= 0.3 is 0 Å². The first-order chi connectivity index (χ1) is 7.60. The van der Waals surface area contributed by atoms with Crippen molar-refractivity contribution in [1.29, 1.82) is 0 Å². The van der Waals surface area contributed by atoms with Gasteiger partial charge in [-0.2, -0.15) is 0 Å². The molecule has 0 aromatic heterocycles. The van der Waals surface area contributed by atoms with Gasteiger partial charge in [-0.1, -0.05) is 31.4 Å². The summed E-state index contributed by atoms with van der Waals surface area (Å²) in [5.74, 6) is 0.378. The normalized spacial score (nSPS) is 21.6. The minimum Gasteiger partial charge on any atom is -0.399 e. The van der Waals surface area contributed by atoms with Gasteiger partial charge in [0.05, 0.1) is 5.60 Å². The average molecular weight is 219 g/mol. The van der Waals surface area contributed by atoms with Gasteiger partial charge in [0.15, 0.2) is 0 Å². The maximum Gasteiger partial charge on any atom is 0.0897 e. The van der Waals surface area contributed by atoms with E-state index in [0.29, 0.717) is 5.92 Å². The minimum absolute atomic E-state index is 0.378. The van der Waals surface area contributed by atoms with Crippen LogP contribution >= 0.6 is 0 Å². The highest BCUT2D eigenvalue weighted by Crippen LogP contribution is 2.39.